The summed E-state index contributed by atoms with van der Waals surface area (Å²) in [4.78, 5) is 2.46. The quantitative estimate of drug-likeness (QED) is 0.590. The topological polar surface area (TPSA) is 23.5 Å². The van der Waals surface area contributed by atoms with Crippen LogP contribution in [0.15, 0.2) is 0 Å². The second-order valence-corrected chi connectivity index (χ2v) is 4.61. The number of hydrogen-bond donors (Lipinski definition) is 1. The highest BCUT2D eigenvalue weighted by atomic mass is 16.3. The Morgan fingerprint density at radius 1 is 1.33 bits per heavy atom. The molecule has 0 spiro atoms. The molecule has 1 N–H and O–H groups in total. The van der Waals surface area contributed by atoms with Gasteiger partial charge in [0, 0.05) is 6.04 Å². The smallest absolute Gasteiger partial charge is 0.0800 e. The first-order valence-electron chi connectivity index (χ1n) is 5.09. The lowest BCUT2D eigenvalue weighted by Gasteiger charge is -2.45. The third-order valence-corrected chi connectivity index (χ3v) is 3.89. The fraction of sp³-hybridized carbons (Fsp3) is 1.00. The fourth-order valence-corrected chi connectivity index (χ4v) is 2.74. The van der Waals surface area contributed by atoms with E-state index in [2.05, 4.69) is 11.8 Å². The molecule has 2 rings (SSSR count). The molecule has 0 radical (unpaired) electrons. The molecular formula is C10H19NO. The average Bonchev–Trinajstić information content (AvgIpc) is 2.46. The Bertz CT molecular complexity index is 179. The van der Waals surface area contributed by atoms with Crippen molar-refractivity contribution in [3.05, 3.63) is 0 Å². The molecule has 3 atom stereocenters. The molecule has 2 nitrogen and oxygen atoms in total. The lowest BCUT2D eigenvalue weighted by atomic mass is 9.78. The average molecular weight is 169 g/mol. The van der Waals surface area contributed by atoms with Crippen molar-refractivity contribution in [1.29, 1.82) is 0 Å². The minimum Gasteiger partial charge on any atom is -0.388 e. The van der Waals surface area contributed by atoms with E-state index in [0.717, 1.165) is 6.42 Å². The number of fused-ring (bicyclic) bond motifs is 1. The van der Waals surface area contributed by atoms with Gasteiger partial charge in [-0.25, -0.2) is 0 Å². The molecule has 0 amide bonds. The molecule has 2 heterocycles. The van der Waals surface area contributed by atoms with Gasteiger partial charge in [0.15, 0.2) is 0 Å². The Kier molecular flexibility index (Phi) is 1.92. The van der Waals surface area contributed by atoms with E-state index in [-0.39, 0.29) is 0 Å². The minimum absolute atomic E-state index is 0.436. The molecule has 0 bridgehead atoms. The zero-order valence-corrected chi connectivity index (χ0v) is 8.08. The van der Waals surface area contributed by atoms with Gasteiger partial charge in [-0.2, -0.15) is 0 Å². The number of hydrogen-bond acceptors (Lipinski definition) is 2. The second-order valence-electron chi connectivity index (χ2n) is 4.61. The van der Waals surface area contributed by atoms with Crippen molar-refractivity contribution in [3.63, 3.8) is 0 Å². The SMILES string of the molecule is C[C@H]1CCN2CCC[C@H]2[C@]1(C)O. The van der Waals surface area contributed by atoms with Crippen molar-refractivity contribution < 1.29 is 5.11 Å². The van der Waals surface area contributed by atoms with E-state index >= 15 is 0 Å². The van der Waals surface area contributed by atoms with Crippen molar-refractivity contribution in [2.45, 2.75) is 44.8 Å². The summed E-state index contributed by atoms with van der Waals surface area (Å²) in [6, 6.07) is 0.446. The second kappa shape index (κ2) is 2.71. The van der Waals surface area contributed by atoms with Gasteiger partial charge in [0.1, 0.15) is 0 Å². The molecule has 2 aliphatic heterocycles. The Hall–Kier alpha value is -0.0800. The van der Waals surface area contributed by atoms with Crippen LogP contribution in [0.3, 0.4) is 0 Å². The van der Waals surface area contributed by atoms with Crippen molar-refractivity contribution in [2.24, 2.45) is 5.92 Å². The molecule has 70 valence electrons. The highest BCUT2D eigenvalue weighted by Gasteiger charge is 2.45. The van der Waals surface area contributed by atoms with Gasteiger partial charge in [-0.15, -0.1) is 0 Å². The summed E-state index contributed by atoms with van der Waals surface area (Å²) < 4.78 is 0. The van der Waals surface area contributed by atoms with E-state index in [1.54, 1.807) is 0 Å². The van der Waals surface area contributed by atoms with Crippen molar-refractivity contribution in [1.82, 2.24) is 4.90 Å². The molecular weight excluding hydrogens is 150 g/mol. The molecule has 2 aliphatic rings. The van der Waals surface area contributed by atoms with E-state index in [9.17, 15) is 5.11 Å². The highest BCUT2D eigenvalue weighted by Crippen LogP contribution is 2.37. The van der Waals surface area contributed by atoms with Crippen molar-refractivity contribution in [3.8, 4) is 0 Å². The van der Waals surface area contributed by atoms with Crippen LogP contribution in [-0.4, -0.2) is 34.7 Å². The Balaban J connectivity index is 2.18. The van der Waals surface area contributed by atoms with E-state index in [1.165, 1.54) is 25.9 Å². The van der Waals surface area contributed by atoms with Gasteiger partial charge in [0.2, 0.25) is 0 Å². The van der Waals surface area contributed by atoms with Crippen LogP contribution in [-0.2, 0) is 0 Å². The largest absolute Gasteiger partial charge is 0.388 e. The van der Waals surface area contributed by atoms with E-state index in [1.807, 2.05) is 6.92 Å². The lowest BCUT2D eigenvalue weighted by molar-refractivity contribution is -0.0891. The first-order chi connectivity index (χ1) is 5.62. The number of nitrogens with zero attached hydrogens (tertiary/aromatic N) is 1. The van der Waals surface area contributed by atoms with Gasteiger partial charge in [-0.1, -0.05) is 6.92 Å². The van der Waals surface area contributed by atoms with Crippen LogP contribution in [0.2, 0.25) is 0 Å². The summed E-state index contributed by atoms with van der Waals surface area (Å²) in [5.41, 5.74) is -0.436. The number of aliphatic hydroxyl groups is 1. The normalized spacial score (nSPS) is 49.2. The Morgan fingerprint density at radius 3 is 2.83 bits per heavy atom. The maximum atomic E-state index is 10.3. The van der Waals surface area contributed by atoms with Crippen LogP contribution in [0.4, 0.5) is 0 Å². The predicted octanol–water partition coefficient (Wildman–Crippen LogP) is 1.24. The van der Waals surface area contributed by atoms with Gasteiger partial charge >= 0.3 is 0 Å². The molecule has 0 aromatic rings. The summed E-state index contributed by atoms with van der Waals surface area (Å²) in [5.74, 6) is 0.469. The van der Waals surface area contributed by atoms with Crippen LogP contribution in [0.1, 0.15) is 33.1 Å². The third-order valence-electron chi connectivity index (χ3n) is 3.89. The molecule has 2 heteroatoms. The van der Waals surface area contributed by atoms with Crippen LogP contribution in [0.5, 0.6) is 0 Å². The van der Waals surface area contributed by atoms with Gasteiger partial charge < -0.3 is 5.11 Å². The maximum absolute atomic E-state index is 10.3. The first kappa shape index (κ1) is 8.52. The van der Waals surface area contributed by atoms with E-state index in [0.29, 0.717) is 12.0 Å². The summed E-state index contributed by atoms with van der Waals surface area (Å²) in [5, 5.41) is 10.3. The standard InChI is InChI=1S/C10H19NO/c1-8-5-7-11-6-3-4-9(11)10(8,2)12/h8-9,12H,3-7H2,1-2H3/t8-,9-,10+/m0/s1. The van der Waals surface area contributed by atoms with Crippen LogP contribution in [0.25, 0.3) is 0 Å². The molecule has 0 aromatic heterocycles. The van der Waals surface area contributed by atoms with Gasteiger partial charge in [-0.05, 0) is 45.2 Å². The van der Waals surface area contributed by atoms with Gasteiger partial charge in [0.05, 0.1) is 5.60 Å². The van der Waals surface area contributed by atoms with Crippen LogP contribution >= 0.6 is 0 Å². The molecule has 2 fully saturated rings. The molecule has 0 saturated carbocycles. The number of rotatable bonds is 0. The summed E-state index contributed by atoms with van der Waals surface area (Å²) >= 11 is 0. The minimum atomic E-state index is -0.436. The first-order valence-corrected chi connectivity index (χ1v) is 5.09. The van der Waals surface area contributed by atoms with Gasteiger partial charge in [0.25, 0.3) is 0 Å². The van der Waals surface area contributed by atoms with E-state index in [4.69, 9.17) is 0 Å². The zero-order valence-electron chi connectivity index (χ0n) is 8.08. The summed E-state index contributed by atoms with van der Waals surface area (Å²) in [6.07, 6.45) is 3.62. The number of piperidine rings is 1. The molecule has 0 aliphatic carbocycles. The van der Waals surface area contributed by atoms with Crippen molar-refractivity contribution in [2.75, 3.05) is 13.1 Å². The van der Waals surface area contributed by atoms with E-state index < -0.39 is 5.60 Å². The monoisotopic (exact) mass is 169 g/mol. The maximum Gasteiger partial charge on any atom is 0.0800 e. The van der Waals surface area contributed by atoms with Crippen LogP contribution in [0, 0.1) is 5.92 Å². The molecule has 12 heavy (non-hydrogen) atoms. The zero-order chi connectivity index (χ0) is 8.77. The fourth-order valence-electron chi connectivity index (χ4n) is 2.74. The Labute approximate surface area is 74.6 Å². The molecule has 2 saturated heterocycles. The highest BCUT2D eigenvalue weighted by molar-refractivity contribution is 5.00. The molecule has 0 unspecified atom stereocenters. The Morgan fingerprint density at radius 2 is 2.08 bits per heavy atom. The van der Waals surface area contributed by atoms with Crippen molar-refractivity contribution >= 4 is 0 Å². The van der Waals surface area contributed by atoms with Gasteiger partial charge in [-0.3, -0.25) is 4.90 Å². The lowest BCUT2D eigenvalue weighted by Crippen LogP contribution is -2.56. The van der Waals surface area contributed by atoms with Crippen LogP contribution < -0.4 is 0 Å². The predicted molar refractivity (Wildman–Crippen MR) is 49.0 cm³/mol. The summed E-state index contributed by atoms with van der Waals surface area (Å²) in [7, 11) is 0. The third kappa shape index (κ3) is 1.09. The summed E-state index contributed by atoms with van der Waals surface area (Å²) in [6.45, 7) is 6.59. The molecule has 0 aromatic carbocycles.